The lowest BCUT2D eigenvalue weighted by Crippen LogP contribution is -2.39. The fraction of sp³-hybridized carbons (Fsp3) is 0.276. The van der Waals surface area contributed by atoms with Gasteiger partial charge in [-0.15, -0.1) is 0 Å². The molecule has 2 aromatic carbocycles. The number of halogens is 1. The number of rotatable bonds is 8. The maximum Gasteiger partial charge on any atom is 0.244 e. The molecule has 0 saturated carbocycles. The van der Waals surface area contributed by atoms with Crippen LogP contribution in [0.5, 0.6) is 5.75 Å². The van der Waals surface area contributed by atoms with E-state index in [-0.39, 0.29) is 17.8 Å². The first-order chi connectivity index (χ1) is 18.4. The Balaban J connectivity index is 1.17. The van der Waals surface area contributed by atoms with Gasteiger partial charge >= 0.3 is 0 Å². The molecule has 5 rings (SSSR count). The Hall–Kier alpha value is -3.72. The van der Waals surface area contributed by atoms with Crippen LogP contribution in [0, 0.1) is 0 Å². The summed E-state index contributed by atoms with van der Waals surface area (Å²) in [5.74, 6) is 0.952. The number of benzene rings is 2. The zero-order valence-corrected chi connectivity index (χ0v) is 21.6. The van der Waals surface area contributed by atoms with Gasteiger partial charge in [0, 0.05) is 42.9 Å². The molecule has 0 spiro atoms. The largest absolute Gasteiger partial charge is 0.486 e. The van der Waals surface area contributed by atoms with Crippen molar-refractivity contribution in [3.05, 3.63) is 82.5 Å². The maximum atomic E-state index is 12.7. The summed E-state index contributed by atoms with van der Waals surface area (Å²) in [6, 6.07) is 15.0. The topological polar surface area (TPSA) is 107 Å². The molecule has 3 heterocycles. The second-order valence-electron chi connectivity index (χ2n) is 9.37. The van der Waals surface area contributed by atoms with Gasteiger partial charge in [-0.3, -0.25) is 14.5 Å². The van der Waals surface area contributed by atoms with E-state index in [4.69, 9.17) is 26.8 Å². The fourth-order valence-corrected chi connectivity index (χ4v) is 4.81. The minimum atomic E-state index is -0.226. The SMILES string of the molecule is Nc1ccc(/C=C/C(=O)NCC2Cc3cc(-c4ccc(C(=O)CN5CCOCC5)cc4)cc(Cl)c3O2)cn1. The number of nitrogen functional groups attached to an aromatic ring is 1. The van der Waals surface area contributed by atoms with E-state index in [0.717, 1.165) is 35.3 Å². The molecular weight excluding hydrogens is 504 g/mol. The molecular formula is C29H29ClN4O4. The van der Waals surface area contributed by atoms with Crippen molar-refractivity contribution in [3.8, 4) is 16.9 Å². The summed E-state index contributed by atoms with van der Waals surface area (Å²) in [6.45, 7) is 3.65. The molecule has 3 N–H and O–H groups in total. The van der Waals surface area contributed by atoms with Crippen LogP contribution in [0.1, 0.15) is 21.5 Å². The lowest BCUT2D eigenvalue weighted by Gasteiger charge is -2.25. The minimum Gasteiger partial charge on any atom is -0.486 e. The third-order valence-corrected chi connectivity index (χ3v) is 6.88. The Morgan fingerprint density at radius 3 is 2.63 bits per heavy atom. The highest BCUT2D eigenvalue weighted by Crippen LogP contribution is 2.39. The number of nitrogens with zero attached hydrogens (tertiary/aromatic N) is 2. The van der Waals surface area contributed by atoms with Gasteiger partial charge in [-0.2, -0.15) is 0 Å². The van der Waals surface area contributed by atoms with Crippen LogP contribution in [0.3, 0.4) is 0 Å². The predicted octanol–water partition coefficient (Wildman–Crippen LogP) is 3.63. The van der Waals surface area contributed by atoms with Gasteiger partial charge in [0.15, 0.2) is 5.78 Å². The van der Waals surface area contributed by atoms with Gasteiger partial charge in [-0.25, -0.2) is 4.98 Å². The minimum absolute atomic E-state index is 0.101. The van der Waals surface area contributed by atoms with Crippen LogP contribution in [0.25, 0.3) is 17.2 Å². The second kappa shape index (κ2) is 11.8. The fourth-order valence-electron chi connectivity index (χ4n) is 4.53. The second-order valence-corrected chi connectivity index (χ2v) is 9.78. The summed E-state index contributed by atoms with van der Waals surface area (Å²) in [6.07, 6.45) is 5.15. The first-order valence-electron chi connectivity index (χ1n) is 12.5. The third-order valence-electron chi connectivity index (χ3n) is 6.60. The lowest BCUT2D eigenvalue weighted by atomic mass is 9.99. The highest BCUT2D eigenvalue weighted by atomic mass is 35.5. The van der Waals surface area contributed by atoms with Crippen LogP contribution in [0.15, 0.2) is 60.8 Å². The van der Waals surface area contributed by atoms with E-state index in [2.05, 4.69) is 21.3 Å². The number of amides is 1. The van der Waals surface area contributed by atoms with E-state index in [0.29, 0.717) is 54.9 Å². The molecule has 2 aliphatic heterocycles. The number of hydrogen-bond donors (Lipinski definition) is 2. The smallest absolute Gasteiger partial charge is 0.244 e. The summed E-state index contributed by atoms with van der Waals surface area (Å²) in [7, 11) is 0. The van der Waals surface area contributed by atoms with Crippen molar-refractivity contribution in [2.75, 3.05) is 45.1 Å². The Kier molecular flexibility index (Phi) is 8.03. The molecule has 1 fully saturated rings. The molecule has 1 saturated heterocycles. The maximum absolute atomic E-state index is 12.7. The molecule has 1 unspecified atom stereocenters. The van der Waals surface area contributed by atoms with Crippen molar-refractivity contribution in [1.29, 1.82) is 0 Å². The monoisotopic (exact) mass is 532 g/mol. The number of nitrogens with two attached hydrogens (primary N) is 1. The van der Waals surface area contributed by atoms with E-state index < -0.39 is 0 Å². The first kappa shape index (κ1) is 25.9. The zero-order chi connectivity index (χ0) is 26.5. The highest BCUT2D eigenvalue weighted by Gasteiger charge is 2.26. The normalized spacial score (nSPS) is 17.2. The van der Waals surface area contributed by atoms with Crippen molar-refractivity contribution in [2.45, 2.75) is 12.5 Å². The predicted molar refractivity (Wildman–Crippen MR) is 147 cm³/mol. The van der Waals surface area contributed by atoms with Crippen LogP contribution in [-0.2, 0) is 16.0 Å². The number of aromatic nitrogens is 1. The average molecular weight is 533 g/mol. The van der Waals surface area contributed by atoms with E-state index in [1.54, 1.807) is 24.4 Å². The van der Waals surface area contributed by atoms with Crippen molar-refractivity contribution in [3.63, 3.8) is 0 Å². The van der Waals surface area contributed by atoms with Crippen LogP contribution in [-0.4, -0.2) is 67.1 Å². The van der Waals surface area contributed by atoms with Gasteiger partial charge in [-0.05, 0) is 47.0 Å². The molecule has 1 atom stereocenters. The van der Waals surface area contributed by atoms with Gasteiger partial charge in [0.25, 0.3) is 0 Å². The van der Waals surface area contributed by atoms with E-state index in [1.807, 2.05) is 30.3 Å². The summed E-state index contributed by atoms with van der Waals surface area (Å²) >= 11 is 6.56. The van der Waals surface area contributed by atoms with Crippen LogP contribution < -0.4 is 15.8 Å². The van der Waals surface area contributed by atoms with Crippen molar-refractivity contribution in [2.24, 2.45) is 0 Å². The third kappa shape index (κ3) is 6.39. The van der Waals surface area contributed by atoms with Crippen molar-refractivity contribution in [1.82, 2.24) is 15.2 Å². The van der Waals surface area contributed by atoms with Gasteiger partial charge in [0.2, 0.25) is 5.91 Å². The standard InChI is InChI=1S/C29H29ClN4O4/c30-25-15-22(20-3-5-21(6-4-20)26(35)18-34-9-11-37-12-10-34)13-23-14-24(38-29(23)25)17-33-28(36)8-2-19-1-7-27(31)32-16-19/h1-8,13,15-16,24H,9-12,14,17-18H2,(H2,31,32)(H,33,36)/b8-2+. The summed E-state index contributed by atoms with van der Waals surface area (Å²) in [4.78, 5) is 31.0. The number of carbonyl (C=O) groups excluding carboxylic acids is 2. The molecule has 8 nitrogen and oxygen atoms in total. The number of hydrogen-bond acceptors (Lipinski definition) is 7. The lowest BCUT2D eigenvalue weighted by molar-refractivity contribution is -0.116. The molecule has 3 aromatic rings. The molecule has 1 aromatic heterocycles. The van der Waals surface area contributed by atoms with Crippen molar-refractivity contribution >= 4 is 35.2 Å². The van der Waals surface area contributed by atoms with E-state index in [9.17, 15) is 9.59 Å². The number of ether oxygens (including phenoxy) is 2. The Bertz CT molecular complexity index is 1340. The molecule has 1 amide bonds. The zero-order valence-electron chi connectivity index (χ0n) is 20.9. The number of fused-ring (bicyclic) bond motifs is 1. The Labute approximate surface area is 226 Å². The highest BCUT2D eigenvalue weighted by molar-refractivity contribution is 6.32. The number of Topliss-reactive ketones (excluding diaryl/α,β-unsaturated/α-hetero) is 1. The van der Waals surface area contributed by atoms with Crippen LogP contribution >= 0.6 is 11.6 Å². The number of nitrogens with one attached hydrogen (secondary N) is 1. The molecule has 38 heavy (non-hydrogen) atoms. The number of ketones is 1. The van der Waals surface area contributed by atoms with E-state index >= 15 is 0 Å². The van der Waals surface area contributed by atoms with Gasteiger partial charge in [-0.1, -0.05) is 35.9 Å². The van der Waals surface area contributed by atoms with Crippen LogP contribution in [0.4, 0.5) is 5.82 Å². The molecule has 0 bridgehead atoms. The molecule has 9 heteroatoms. The summed E-state index contributed by atoms with van der Waals surface area (Å²) < 4.78 is 11.4. The van der Waals surface area contributed by atoms with Crippen molar-refractivity contribution < 1.29 is 19.1 Å². The van der Waals surface area contributed by atoms with Crippen LogP contribution in [0.2, 0.25) is 5.02 Å². The summed E-state index contributed by atoms with van der Waals surface area (Å²) in [5, 5.41) is 3.39. The molecule has 2 aliphatic rings. The number of pyridine rings is 1. The molecule has 196 valence electrons. The van der Waals surface area contributed by atoms with Gasteiger partial charge in [0.05, 0.1) is 31.3 Å². The van der Waals surface area contributed by atoms with Gasteiger partial charge < -0.3 is 20.5 Å². The molecule has 0 radical (unpaired) electrons. The Morgan fingerprint density at radius 1 is 1.11 bits per heavy atom. The van der Waals surface area contributed by atoms with Gasteiger partial charge in [0.1, 0.15) is 17.7 Å². The number of carbonyl (C=O) groups is 2. The quantitative estimate of drug-likeness (QED) is 0.337. The average Bonchev–Trinajstić information content (AvgIpc) is 3.36. The van der Waals surface area contributed by atoms with E-state index in [1.165, 1.54) is 6.08 Å². The number of morpholine rings is 1. The summed E-state index contributed by atoms with van der Waals surface area (Å²) in [5.41, 5.74) is 9.96. The Morgan fingerprint density at radius 2 is 1.89 bits per heavy atom. The first-order valence-corrected chi connectivity index (χ1v) is 12.9. The molecule has 0 aliphatic carbocycles. The number of anilines is 1.